The molecule has 23 heavy (non-hydrogen) atoms. The lowest BCUT2D eigenvalue weighted by Crippen LogP contribution is -2.14. The molecule has 0 aliphatic carbocycles. The van der Waals surface area contributed by atoms with E-state index in [1.807, 2.05) is 49.4 Å². The number of anilines is 1. The molecule has 3 aromatic rings. The highest BCUT2D eigenvalue weighted by molar-refractivity contribution is 6.30. The van der Waals surface area contributed by atoms with Crippen LogP contribution in [-0.2, 0) is 4.79 Å². The maximum absolute atomic E-state index is 12.3. The Hall–Kier alpha value is -2.33. The largest absolute Gasteiger partial charge is 0.441 e. The number of para-hydroxylation sites is 1. The minimum atomic E-state index is -0.0550. The molecular weight excluding hydrogens is 312 g/mol. The molecular formula is C18H17ClN2O2. The molecule has 1 unspecified atom stereocenters. The normalized spacial score (nSPS) is 12.3. The number of fused-ring (bicyclic) bond motifs is 1. The topological polar surface area (TPSA) is 55.1 Å². The summed E-state index contributed by atoms with van der Waals surface area (Å²) in [6.07, 6.45) is 0.384. The van der Waals surface area contributed by atoms with E-state index in [2.05, 4.69) is 10.3 Å². The molecule has 1 atom stereocenters. The number of carbonyl (C=O) groups excluding carboxylic acids is 1. The van der Waals surface area contributed by atoms with Crippen LogP contribution in [0.1, 0.15) is 30.7 Å². The van der Waals surface area contributed by atoms with Crippen molar-refractivity contribution in [3.05, 3.63) is 58.9 Å². The first kappa shape index (κ1) is 15.6. The number of hydrogen-bond acceptors (Lipinski definition) is 3. The third-order valence-corrected chi connectivity index (χ3v) is 3.98. The number of aromatic nitrogens is 1. The predicted octanol–water partition coefficient (Wildman–Crippen LogP) is 4.92. The molecule has 0 saturated heterocycles. The van der Waals surface area contributed by atoms with Gasteiger partial charge in [0.15, 0.2) is 11.5 Å². The predicted molar refractivity (Wildman–Crippen MR) is 91.9 cm³/mol. The smallest absolute Gasteiger partial charge is 0.225 e. The van der Waals surface area contributed by atoms with Crippen molar-refractivity contribution in [2.45, 2.75) is 26.2 Å². The monoisotopic (exact) mass is 328 g/mol. The lowest BCUT2D eigenvalue weighted by molar-refractivity contribution is -0.116. The van der Waals surface area contributed by atoms with Crippen molar-refractivity contribution < 1.29 is 9.21 Å². The van der Waals surface area contributed by atoms with Gasteiger partial charge in [0, 0.05) is 18.4 Å². The van der Waals surface area contributed by atoms with E-state index in [1.165, 1.54) is 0 Å². The minimum absolute atomic E-state index is 0.0550. The van der Waals surface area contributed by atoms with E-state index in [1.54, 1.807) is 6.92 Å². The first-order valence-electron chi connectivity index (χ1n) is 7.44. The van der Waals surface area contributed by atoms with Gasteiger partial charge in [0.25, 0.3) is 0 Å². The summed E-state index contributed by atoms with van der Waals surface area (Å²) in [5, 5.41) is 3.62. The second kappa shape index (κ2) is 6.42. The zero-order valence-electron chi connectivity index (χ0n) is 13.0. The molecule has 0 bridgehead atoms. The number of nitrogens with zero attached hydrogens (tertiary/aromatic N) is 1. The van der Waals surface area contributed by atoms with Crippen LogP contribution in [-0.4, -0.2) is 10.9 Å². The fraction of sp³-hybridized carbons (Fsp3) is 0.222. The van der Waals surface area contributed by atoms with Crippen LogP contribution in [0, 0.1) is 6.92 Å². The van der Waals surface area contributed by atoms with Gasteiger partial charge in [-0.15, -0.1) is 0 Å². The van der Waals surface area contributed by atoms with Crippen molar-refractivity contribution in [2.75, 3.05) is 5.32 Å². The molecule has 0 spiro atoms. The second-order valence-electron chi connectivity index (χ2n) is 5.59. The number of aryl methyl sites for hydroxylation is 1. The maximum Gasteiger partial charge on any atom is 0.225 e. The van der Waals surface area contributed by atoms with Crippen LogP contribution >= 0.6 is 11.6 Å². The van der Waals surface area contributed by atoms with Crippen LogP contribution in [0.4, 0.5) is 5.69 Å². The van der Waals surface area contributed by atoms with Crippen molar-refractivity contribution in [2.24, 2.45) is 0 Å². The van der Waals surface area contributed by atoms with Crippen molar-refractivity contribution in [1.82, 2.24) is 4.98 Å². The number of rotatable bonds is 4. The third-order valence-electron chi connectivity index (χ3n) is 3.73. The third kappa shape index (κ3) is 3.54. The zero-order chi connectivity index (χ0) is 16.4. The van der Waals surface area contributed by atoms with Gasteiger partial charge in [0.1, 0.15) is 5.52 Å². The average Bonchev–Trinajstić information content (AvgIpc) is 2.89. The molecule has 0 aliphatic heterocycles. The number of hydrogen-bond donors (Lipinski definition) is 1. The highest BCUT2D eigenvalue weighted by Crippen LogP contribution is 2.25. The molecule has 3 rings (SSSR count). The van der Waals surface area contributed by atoms with Crippen LogP contribution in [0.5, 0.6) is 0 Å². The highest BCUT2D eigenvalue weighted by atomic mass is 35.5. The zero-order valence-corrected chi connectivity index (χ0v) is 13.7. The Bertz CT molecular complexity index is 840. The lowest BCUT2D eigenvalue weighted by Gasteiger charge is -2.12. The lowest BCUT2D eigenvalue weighted by atomic mass is 9.97. The van der Waals surface area contributed by atoms with Crippen LogP contribution < -0.4 is 5.32 Å². The first-order valence-corrected chi connectivity index (χ1v) is 7.82. The molecule has 0 fully saturated rings. The van der Waals surface area contributed by atoms with Crippen LogP contribution in [0.2, 0.25) is 5.02 Å². The number of carbonyl (C=O) groups is 1. The van der Waals surface area contributed by atoms with Crippen LogP contribution in [0.25, 0.3) is 11.1 Å². The molecule has 0 radical (unpaired) electrons. The SMILES string of the molecule is Cc1nc2c(NC(=O)CC(C)c3ccc(Cl)cc3)cccc2o1. The molecule has 118 valence electrons. The summed E-state index contributed by atoms with van der Waals surface area (Å²) >= 11 is 5.89. The summed E-state index contributed by atoms with van der Waals surface area (Å²) in [7, 11) is 0. The molecule has 1 heterocycles. The van der Waals surface area contributed by atoms with Crippen molar-refractivity contribution >= 4 is 34.3 Å². The maximum atomic E-state index is 12.3. The van der Waals surface area contributed by atoms with Gasteiger partial charge in [-0.25, -0.2) is 4.98 Å². The van der Waals surface area contributed by atoms with Gasteiger partial charge >= 0.3 is 0 Å². The molecule has 1 aromatic heterocycles. The van der Waals surface area contributed by atoms with Crippen LogP contribution in [0.3, 0.4) is 0 Å². The Morgan fingerprint density at radius 3 is 2.74 bits per heavy atom. The number of halogens is 1. The quantitative estimate of drug-likeness (QED) is 0.739. The number of benzene rings is 2. The Labute approximate surface area is 139 Å². The van der Waals surface area contributed by atoms with Gasteiger partial charge < -0.3 is 9.73 Å². The number of amides is 1. The van der Waals surface area contributed by atoms with Crippen molar-refractivity contribution in [3.8, 4) is 0 Å². The fourth-order valence-corrected chi connectivity index (χ4v) is 2.67. The second-order valence-corrected chi connectivity index (χ2v) is 6.03. The Balaban J connectivity index is 1.72. The highest BCUT2D eigenvalue weighted by Gasteiger charge is 2.14. The van der Waals surface area contributed by atoms with Gasteiger partial charge in [0.2, 0.25) is 5.91 Å². The molecule has 0 saturated carbocycles. The van der Waals surface area contributed by atoms with Gasteiger partial charge in [-0.3, -0.25) is 4.79 Å². The molecule has 1 amide bonds. The van der Waals surface area contributed by atoms with E-state index in [0.717, 1.165) is 5.56 Å². The van der Waals surface area contributed by atoms with Crippen LogP contribution in [0.15, 0.2) is 46.9 Å². The molecule has 5 heteroatoms. The van der Waals surface area contributed by atoms with E-state index in [-0.39, 0.29) is 11.8 Å². The van der Waals surface area contributed by atoms with E-state index < -0.39 is 0 Å². The van der Waals surface area contributed by atoms with E-state index >= 15 is 0 Å². The summed E-state index contributed by atoms with van der Waals surface area (Å²) in [6, 6.07) is 13.1. The molecule has 0 aliphatic rings. The van der Waals surface area contributed by atoms with Gasteiger partial charge in [-0.1, -0.05) is 36.7 Å². The van der Waals surface area contributed by atoms with Gasteiger partial charge in [-0.2, -0.15) is 0 Å². The molecule has 2 aromatic carbocycles. The summed E-state index contributed by atoms with van der Waals surface area (Å²) < 4.78 is 5.48. The van der Waals surface area contributed by atoms with Crippen molar-refractivity contribution in [1.29, 1.82) is 0 Å². The number of oxazole rings is 1. The molecule has 1 N–H and O–H groups in total. The Morgan fingerprint density at radius 1 is 1.26 bits per heavy atom. The standard InChI is InChI=1S/C18H17ClN2O2/c1-11(13-6-8-14(19)9-7-13)10-17(22)21-15-4-3-5-16-18(15)20-12(2)23-16/h3-9,11H,10H2,1-2H3,(H,21,22). The van der Waals surface area contributed by atoms with Gasteiger partial charge in [-0.05, 0) is 35.7 Å². The number of nitrogens with one attached hydrogen (secondary N) is 1. The van der Waals surface area contributed by atoms with E-state index in [0.29, 0.717) is 34.1 Å². The molecule has 4 nitrogen and oxygen atoms in total. The van der Waals surface area contributed by atoms with Gasteiger partial charge in [0.05, 0.1) is 5.69 Å². The first-order chi connectivity index (χ1) is 11.0. The minimum Gasteiger partial charge on any atom is -0.441 e. The van der Waals surface area contributed by atoms with E-state index in [9.17, 15) is 4.79 Å². The Kier molecular flexibility index (Phi) is 4.35. The summed E-state index contributed by atoms with van der Waals surface area (Å²) in [6.45, 7) is 3.80. The summed E-state index contributed by atoms with van der Waals surface area (Å²) in [5.74, 6) is 0.627. The summed E-state index contributed by atoms with van der Waals surface area (Å²) in [5.41, 5.74) is 3.11. The van der Waals surface area contributed by atoms with Crippen molar-refractivity contribution in [3.63, 3.8) is 0 Å². The average molecular weight is 329 g/mol. The Morgan fingerprint density at radius 2 is 2.00 bits per heavy atom. The summed E-state index contributed by atoms with van der Waals surface area (Å²) in [4.78, 5) is 16.6. The van der Waals surface area contributed by atoms with E-state index in [4.69, 9.17) is 16.0 Å². The fourth-order valence-electron chi connectivity index (χ4n) is 2.55.